The maximum absolute atomic E-state index is 12.7. The summed E-state index contributed by atoms with van der Waals surface area (Å²) in [6, 6.07) is 3.14. The van der Waals surface area contributed by atoms with Gasteiger partial charge in [-0.1, -0.05) is 0 Å². The number of nitrogens with one attached hydrogen (secondary N) is 1. The first-order chi connectivity index (χ1) is 9.61. The largest absolute Gasteiger partial charge is 0.416 e. The van der Waals surface area contributed by atoms with Gasteiger partial charge in [-0.3, -0.25) is 4.79 Å². The van der Waals surface area contributed by atoms with E-state index >= 15 is 0 Å². The van der Waals surface area contributed by atoms with Crippen molar-refractivity contribution in [1.82, 2.24) is 0 Å². The van der Waals surface area contributed by atoms with Crippen LogP contribution in [0.15, 0.2) is 18.2 Å². The molecule has 0 radical (unpaired) electrons. The summed E-state index contributed by atoms with van der Waals surface area (Å²) in [4.78, 5) is 13.4. The molecule has 0 saturated heterocycles. The molecule has 0 fully saturated rings. The predicted molar refractivity (Wildman–Crippen MR) is 91.8 cm³/mol. The summed E-state index contributed by atoms with van der Waals surface area (Å²) in [5, 5.41) is 2.52. The van der Waals surface area contributed by atoms with Gasteiger partial charge in [0.15, 0.2) is 0 Å². The quantitative estimate of drug-likeness (QED) is 0.824. The first-order valence-electron chi connectivity index (χ1n) is 6.55. The summed E-state index contributed by atoms with van der Waals surface area (Å²) in [5.74, 6) is -0.352. The number of nitrogens with zero attached hydrogens (tertiary/aromatic N) is 1. The topological polar surface area (TPSA) is 58.4 Å². The van der Waals surface area contributed by atoms with E-state index in [1.807, 2.05) is 0 Å². The molecular formula is C14H22Cl2F3N3O. The van der Waals surface area contributed by atoms with Gasteiger partial charge in [-0.05, 0) is 31.5 Å². The highest BCUT2D eigenvalue weighted by molar-refractivity contribution is 5.94. The monoisotopic (exact) mass is 375 g/mol. The Morgan fingerprint density at radius 3 is 2.30 bits per heavy atom. The summed E-state index contributed by atoms with van der Waals surface area (Å²) >= 11 is 0. The third kappa shape index (κ3) is 7.76. The van der Waals surface area contributed by atoms with Crippen LogP contribution < -0.4 is 16.0 Å². The molecule has 134 valence electrons. The molecule has 4 nitrogen and oxygen atoms in total. The van der Waals surface area contributed by atoms with Crippen molar-refractivity contribution in [3.8, 4) is 0 Å². The molecule has 0 aliphatic carbocycles. The van der Waals surface area contributed by atoms with Gasteiger partial charge in [0.2, 0.25) is 5.91 Å². The molecule has 3 N–H and O–H groups in total. The van der Waals surface area contributed by atoms with Gasteiger partial charge in [-0.15, -0.1) is 24.8 Å². The number of nitrogens with two attached hydrogens (primary N) is 1. The van der Waals surface area contributed by atoms with Gasteiger partial charge in [0.25, 0.3) is 0 Å². The van der Waals surface area contributed by atoms with E-state index in [4.69, 9.17) is 5.73 Å². The van der Waals surface area contributed by atoms with Crippen LogP contribution in [-0.4, -0.2) is 26.0 Å². The molecule has 0 spiro atoms. The molecule has 0 aliphatic rings. The zero-order chi connectivity index (χ0) is 16.2. The molecule has 1 amide bonds. The summed E-state index contributed by atoms with van der Waals surface area (Å²) < 4.78 is 38.2. The number of carbonyl (C=O) groups excluding carboxylic acids is 1. The Kier molecular flexibility index (Phi) is 10.3. The van der Waals surface area contributed by atoms with E-state index in [1.54, 1.807) is 25.9 Å². The number of benzene rings is 1. The molecule has 1 aromatic carbocycles. The van der Waals surface area contributed by atoms with Crippen molar-refractivity contribution < 1.29 is 18.0 Å². The highest BCUT2D eigenvalue weighted by Crippen LogP contribution is 2.34. The smallest absolute Gasteiger partial charge is 0.376 e. The zero-order valence-electron chi connectivity index (χ0n) is 13.1. The summed E-state index contributed by atoms with van der Waals surface area (Å²) in [5.41, 5.74) is 5.41. The number of alkyl halides is 3. The molecular weight excluding hydrogens is 354 g/mol. The van der Waals surface area contributed by atoms with E-state index in [9.17, 15) is 18.0 Å². The van der Waals surface area contributed by atoms with Crippen LogP contribution in [0.25, 0.3) is 0 Å². The van der Waals surface area contributed by atoms with Crippen molar-refractivity contribution in [2.45, 2.75) is 32.0 Å². The van der Waals surface area contributed by atoms with Crippen LogP contribution in [-0.2, 0) is 11.0 Å². The Bertz CT molecular complexity index is 509. The molecule has 1 atom stereocenters. The van der Waals surface area contributed by atoms with Gasteiger partial charge in [0.05, 0.1) is 16.9 Å². The van der Waals surface area contributed by atoms with E-state index < -0.39 is 11.7 Å². The highest BCUT2D eigenvalue weighted by atomic mass is 35.5. The molecule has 23 heavy (non-hydrogen) atoms. The van der Waals surface area contributed by atoms with E-state index in [2.05, 4.69) is 5.32 Å². The number of hydrogen-bond donors (Lipinski definition) is 2. The standard InChI is InChI=1S/C14H20F3N3O.2ClH/c1-9(18)4-7-13(21)19-11-8-10(14(15,16)17)5-6-12(11)20(2)3;;/h5-6,8-9H,4,7,18H2,1-3H3,(H,19,21);2*1H. The van der Waals surface area contributed by atoms with Gasteiger partial charge < -0.3 is 16.0 Å². The lowest BCUT2D eigenvalue weighted by molar-refractivity contribution is -0.137. The second-order valence-electron chi connectivity index (χ2n) is 5.19. The molecule has 0 heterocycles. The van der Waals surface area contributed by atoms with Gasteiger partial charge >= 0.3 is 6.18 Å². The van der Waals surface area contributed by atoms with E-state index in [1.165, 1.54) is 6.07 Å². The Hall–Kier alpha value is -1.18. The summed E-state index contributed by atoms with van der Waals surface area (Å²) in [7, 11) is 3.39. The average Bonchev–Trinajstić information content (AvgIpc) is 2.34. The first kappa shape index (κ1) is 24.1. The summed E-state index contributed by atoms with van der Waals surface area (Å²) in [6.45, 7) is 1.77. The minimum Gasteiger partial charge on any atom is -0.376 e. The molecule has 1 aromatic rings. The minimum absolute atomic E-state index is 0. The molecule has 1 unspecified atom stereocenters. The SMILES string of the molecule is CC(N)CCC(=O)Nc1cc(C(F)(F)F)ccc1N(C)C.Cl.Cl. The maximum Gasteiger partial charge on any atom is 0.416 e. The first-order valence-corrected chi connectivity index (χ1v) is 6.55. The third-order valence-corrected chi connectivity index (χ3v) is 2.91. The zero-order valence-corrected chi connectivity index (χ0v) is 14.7. The van der Waals surface area contributed by atoms with Crippen molar-refractivity contribution in [1.29, 1.82) is 0 Å². The molecule has 1 rings (SSSR count). The molecule has 0 aliphatic heterocycles. The summed E-state index contributed by atoms with van der Waals surface area (Å²) in [6.07, 6.45) is -3.81. The van der Waals surface area contributed by atoms with Crippen LogP contribution in [0.2, 0.25) is 0 Å². The van der Waals surface area contributed by atoms with Crippen molar-refractivity contribution >= 4 is 42.1 Å². The minimum atomic E-state index is -4.45. The van der Waals surface area contributed by atoms with E-state index in [-0.39, 0.29) is 48.9 Å². The van der Waals surface area contributed by atoms with Crippen LogP contribution in [0, 0.1) is 0 Å². The fourth-order valence-electron chi connectivity index (χ4n) is 1.77. The Morgan fingerprint density at radius 1 is 1.30 bits per heavy atom. The normalized spacial score (nSPS) is 11.8. The van der Waals surface area contributed by atoms with Crippen molar-refractivity contribution in [2.24, 2.45) is 5.73 Å². The van der Waals surface area contributed by atoms with Crippen LogP contribution in [0.3, 0.4) is 0 Å². The molecule has 0 aromatic heterocycles. The highest BCUT2D eigenvalue weighted by Gasteiger charge is 2.31. The molecule has 9 heteroatoms. The number of carbonyl (C=O) groups is 1. The lowest BCUT2D eigenvalue weighted by Crippen LogP contribution is -2.21. The van der Waals surface area contributed by atoms with E-state index in [0.717, 1.165) is 12.1 Å². The van der Waals surface area contributed by atoms with Crippen molar-refractivity contribution in [3.05, 3.63) is 23.8 Å². The van der Waals surface area contributed by atoms with Crippen molar-refractivity contribution in [3.63, 3.8) is 0 Å². The fourth-order valence-corrected chi connectivity index (χ4v) is 1.77. The Morgan fingerprint density at radius 2 is 1.87 bits per heavy atom. The van der Waals surface area contributed by atoms with Gasteiger partial charge in [-0.2, -0.15) is 13.2 Å². The lowest BCUT2D eigenvalue weighted by Gasteiger charge is -2.20. The number of hydrogen-bond acceptors (Lipinski definition) is 3. The second-order valence-corrected chi connectivity index (χ2v) is 5.19. The van der Waals surface area contributed by atoms with Crippen LogP contribution in [0.4, 0.5) is 24.5 Å². The van der Waals surface area contributed by atoms with Gasteiger partial charge in [0, 0.05) is 26.6 Å². The average molecular weight is 376 g/mol. The molecule has 0 bridgehead atoms. The van der Waals surface area contributed by atoms with Gasteiger partial charge in [-0.25, -0.2) is 0 Å². The third-order valence-electron chi connectivity index (χ3n) is 2.91. The Labute approximate surface area is 146 Å². The number of anilines is 2. The maximum atomic E-state index is 12.7. The number of amides is 1. The van der Waals surface area contributed by atoms with Crippen LogP contribution in [0.1, 0.15) is 25.3 Å². The second kappa shape index (κ2) is 9.85. The van der Waals surface area contributed by atoms with Crippen LogP contribution in [0.5, 0.6) is 0 Å². The predicted octanol–water partition coefficient (Wildman–Crippen LogP) is 3.68. The fraction of sp³-hybridized carbons (Fsp3) is 0.500. The van der Waals surface area contributed by atoms with Crippen LogP contribution >= 0.6 is 24.8 Å². The lowest BCUT2D eigenvalue weighted by atomic mass is 10.1. The number of halogens is 5. The Balaban J connectivity index is 0. The van der Waals surface area contributed by atoms with Gasteiger partial charge in [0.1, 0.15) is 0 Å². The van der Waals surface area contributed by atoms with E-state index in [0.29, 0.717) is 12.1 Å². The number of rotatable bonds is 5. The van der Waals surface area contributed by atoms with Crippen molar-refractivity contribution in [2.75, 3.05) is 24.3 Å². The molecule has 0 saturated carbocycles.